The normalized spacial score (nSPS) is 14.4. The molecule has 2 unspecified atom stereocenters. The van der Waals surface area contributed by atoms with Crippen LogP contribution in [0.25, 0.3) is 11.1 Å². The second kappa shape index (κ2) is 8.79. The van der Waals surface area contributed by atoms with Crippen molar-refractivity contribution in [3.63, 3.8) is 0 Å². The number of ether oxygens (including phenoxy) is 1. The molecule has 0 spiro atoms. The molecule has 1 amide bonds. The van der Waals surface area contributed by atoms with E-state index >= 15 is 0 Å². The van der Waals surface area contributed by atoms with E-state index in [1.54, 1.807) is 12.1 Å². The first-order chi connectivity index (χ1) is 15.0. The standard InChI is InChI=1S/C25H25NO5/c1-15-10-11-22(27)20(12-15)24(29)23(28)13-26-25(30)31-14-21-18-8-4-2-6-16(18)17-7-3-5-9-19(17)21/h2-12,21,23-24,27-29H,13-14H2,1H3,(H,26,30). The van der Waals surface area contributed by atoms with Gasteiger partial charge in [-0.2, -0.15) is 0 Å². The number of hydrogen-bond acceptors (Lipinski definition) is 5. The topological polar surface area (TPSA) is 99.0 Å². The van der Waals surface area contributed by atoms with Crippen LogP contribution >= 0.6 is 0 Å². The lowest BCUT2D eigenvalue weighted by Gasteiger charge is -2.20. The van der Waals surface area contributed by atoms with E-state index in [9.17, 15) is 20.1 Å². The molecular weight excluding hydrogens is 394 g/mol. The van der Waals surface area contributed by atoms with Gasteiger partial charge in [0.1, 0.15) is 24.6 Å². The number of phenols is 1. The van der Waals surface area contributed by atoms with Crippen molar-refractivity contribution in [1.82, 2.24) is 5.32 Å². The van der Waals surface area contributed by atoms with Gasteiger partial charge in [-0.15, -0.1) is 0 Å². The second-order valence-electron chi connectivity index (χ2n) is 7.78. The molecule has 4 N–H and O–H groups in total. The van der Waals surface area contributed by atoms with Crippen LogP contribution in [0.5, 0.6) is 5.75 Å². The Labute approximate surface area is 180 Å². The van der Waals surface area contributed by atoms with Crippen molar-refractivity contribution in [2.75, 3.05) is 13.2 Å². The number of amides is 1. The number of aliphatic hydroxyl groups excluding tert-OH is 2. The van der Waals surface area contributed by atoms with Crippen LogP contribution in [0.4, 0.5) is 4.79 Å². The van der Waals surface area contributed by atoms with Crippen molar-refractivity contribution in [3.8, 4) is 16.9 Å². The number of fused-ring (bicyclic) bond motifs is 3. The highest BCUT2D eigenvalue weighted by Gasteiger charge is 2.29. The zero-order chi connectivity index (χ0) is 22.0. The van der Waals surface area contributed by atoms with Crippen molar-refractivity contribution < 1.29 is 24.9 Å². The minimum atomic E-state index is -1.34. The molecule has 1 aliphatic rings. The fraction of sp³-hybridized carbons (Fsp3) is 0.240. The average Bonchev–Trinajstić information content (AvgIpc) is 3.11. The Balaban J connectivity index is 1.35. The van der Waals surface area contributed by atoms with Gasteiger partial charge in [0.15, 0.2) is 0 Å². The highest BCUT2D eigenvalue weighted by Crippen LogP contribution is 2.44. The Hall–Kier alpha value is -3.35. The third kappa shape index (κ3) is 4.26. The highest BCUT2D eigenvalue weighted by atomic mass is 16.5. The summed E-state index contributed by atoms with van der Waals surface area (Å²) < 4.78 is 5.43. The van der Waals surface area contributed by atoms with Gasteiger partial charge < -0.3 is 25.4 Å². The van der Waals surface area contributed by atoms with Crippen LogP contribution in [0.3, 0.4) is 0 Å². The molecule has 0 radical (unpaired) electrons. The number of hydrogen-bond donors (Lipinski definition) is 4. The van der Waals surface area contributed by atoms with Gasteiger partial charge in [-0.05, 0) is 41.3 Å². The summed E-state index contributed by atoms with van der Waals surface area (Å²) in [4.78, 5) is 12.2. The number of phenolic OH excluding ortho intramolecular Hbond substituents is 1. The van der Waals surface area contributed by atoms with Crippen molar-refractivity contribution in [2.45, 2.75) is 25.0 Å². The molecule has 0 fully saturated rings. The molecule has 1 aliphatic carbocycles. The summed E-state index contributed by atoms with van der Waals surface area (Å²) in [5.41, 5.74) is 5.56. The van der Waals surface area contributed by atoms with Crippen molar-refractivity contribution >= 4 is 6.09 Å². The molecule has 31 heavy (non-hydrogen) atoms. The molecule has 0 bridgehead atoms. The minimum absolute atomic E-state index is 0.0575. The zero-order valence-corrected chi connectivity index (χ0v) is 17.2. The summed E-state index contributed by atoms with van der Waals surface area (Å²) in [5, 5.41) is 33.0. The lowest BCUT2D eigenvalue weighted by molar-refractivity contribution is 0.0172. The summed E-state index contributed by atoms with van der Waals surface area (Å²) >= 11 is 0. The molecule has 0 saturated carbocycles. The molecule has 0 heterocycles. The summed E-state index contributed by atoms with van der Waals surface area (Å²) in [7, 11) is 0. The van der Waals surface area contributed by atoms with E-state index in [1.807, 2.05) is 43.3 Å². The Morgan fingerprint density at radius 2 is 1.61 bits per heavy atom. The fourth-order valence-electron chi connectivity index (χ4n) is 4.07. The van der Waals surface area contributed by atoms with Gasteiger partial charge in [0, 0.05) is 18.0 Å². The van der Waals surface area contributed by atoms with Crippen LogP contribution in [-0.4, -0.2) is 40.7 Å². The molecule has 160 valence electrons. The number of carbonyl (C=O) groups is 1. The number of aliphatic hydroxyl groups is 2. The van der Waals surface area contributed by atoms with E-state index < -0.39 is 18.3 Å². The molecule has 3 aromatic carbocycles. The largest absolute Gasteiger partial charge is 0.508 e. The van der Waals surface area contributed by atoms with Crippen LogP contribution in [0, 0.1) is 6.92 Å². The Bertz CT molecular complexity index is 1050. The van der Waals surface area contributed by atoms with Gasteiger partial charge in [0.25, 0.3) is 0 Å². The maximum Gasteiger partial charge on any atom is 0.407 e. The maximum absolute atomic E-state index is 12.2. The fourth-order valence-corrected chi connectivity index (χ4v) is 4.07. The Morgan fingerprint density at radius 1 is 1.00 bits per heavy atom. The maximum atomic E-state index is 12.2. The van der Waals surface area contributed by atoms with Gasteiger partial charge in [-0.1, -0.05) is 60.2 Å². The summed E-state index contributed by atoms with van der Waals surface area (Å²) in [5.74, 6) is -0.170. The van der Waals surface area contributed by atoms with Crippen molar-refractivity contribution in [2.24, 2.45) is 0 Å². The van der Waals surface area contributed by atoms with Crippen molar-refractivity contribution in [1.29, 1.82) is 0 Å². The predicted octanol–water partition coefficient (Wildman–Crippen LogP) is 3.63. The molecule has 0 saturated heterocycles. The zero-order valence-electron chi connectivity index (χ0n) is 17.2. The van der Waals surface area contributed by atoms with E-state index in [1.165, 1.54) is 6.07 Å². The van der Waals surface area contributed by atoms with E-state index in [2.05, 4.69) is 17.4 Å². The van der Waals surface area contributed by atoms with E-state index in [0.717, 1.165) is 27.8 Å². The monoisotopic (exact) mass is 419 g/mol. The van der Waals surface area contributed by atoms with Crippen LogP contribution in [0.15, 0.2) is 66.7 Å². The molecule has 3 aromatic rings. The van der Waals surface area contributed by atoms with Crippen LogP contribution in [0.2, 0.25) is 0 Å². The van der Waals surface area contributed by atoms with Crippen LogP contribution < -0.4 is 5.32 Å². The molecule has 2 atom stereocenters. The van der Waals surface area contributed by atoms with Gasteiger partial charge in [-0.3, -0.25) is 0 Å². The third-order valence-electron chi connectivity index (χ3n) is 5.67. The first-order valence-corrected chi connectivity index (χ1v) is 10.2. The SMILES string of the molecule is Cc1ccc(O)c(C(O)C(O)CNC(=O)OCC2c3ccccc3-c3ccccc32)c1. The van der Waals surface area contributed by atoms with Gasteiger partial charge in [0.05, 0.1) is 0 Å². The van der Waals surface area contributed by atoms with E-state index in [-0.39, 0.29) is 30.4 Å². The van der Waals surface area contributed by atoms with Crippen molar-refractivity contribution in [3.05, 3.63) is 89.0 Å². The van der Waals surface area contributed by atoms with E-state index in [4.69, 9.17) is 4.74 Å². The summed E-state index contributed by atoms with van der Waals surface area (Å²) in [6.45, 7) is 1.76. The molecule has 6 heteroatoms. The quantitative estimate of drug-likeness (QED) is 0.489. The third-order valence-corrected chi connectivity index (χ3v) is 5.67. The molecule has 0 aromatic heterocycles. The van der Waals surface area contributed by atoms with Gasteiger partial charge >= 0.3 is 6.09 Å². The number of aromatic hydroxyl groups is 1. The van der Waals surface area contributed by atoms with Gasteiger partial charge in [0.2, 0.25) is 0 Å². The lowest BCUT2D eigenvalue weighted by atomic mass is 9.98. The Kier molecular flexibility index (Phi) is 5.93. The minimum Gasteiger partial charge on any atom is -0.508 e. The van der Waals surface area contributed by atoms with Crippen LogP contribution in [0.1, 0.15) is 34.3 Å². The summed E-state index contributed by atoms with van der Waals surface area (Å²) in [6, 6.07) is 20.9. The number of carbonyl (C=O) groups excluding carboxylic acids is 1. The number of rotatable bonds is 6. The van der Waals surface area contributed by atoms with Crippen LogP contribution in [-0.2, 0) is 4.74 Å². The molecule has 0 aliphatic heterocycles. The molecule has 6 nitrogen and oxygen atoms in total. The van der Waals surface area contributed by atoms with Gasteiger partial charge in [-0.25, -0.2) is 4.79 Å². The highest BCUT2D eigenvalue weighted by molar-refractivity contribution is 5.79. The average molecular weight is 419 g/mol. The first kappa shape index (κ1) is 20.9. The lowest BCUT2D eigenvalue weighted by Crippen LogP contribution is -2.36. The number of alkyl carbamates (subject to hydrolysis) is 1. The summed E-state index contributed by atoms with van der Waals surface area (Å²) in [6.07, 6.45) is -3.32. The predicted molar refractivity (Wildman–Crippen MR) is 117 cm³/mol. The molecule has 4 rings (SSSR count). The second-order valence-corrected chi connectivity index (χ2v) is 7.78. The molecular formula is C25H25NO5. The smallest absolute Gasteiger partial charge is 0.407 e. The number of nitrogens with one attached hydrogen (secondary N) is 1. The number of aryl methyl sites for hydroxylation is 1. The van der Waals surface area contributed by atoms with E-state index in [0.29, 0.717) is 0 Å². The first-order valence-electron chi connectivity index (χ1n) is 10.2. The number of benzene rings is 3. The Morgan fingerprint density at radius 3 is 2.26 bits per heavy atom.